The number of aryl methyl sites for hydroxylation is 1. The van der Waals surface area contributed by atoms with Gasteiger partial charge in [-0.15, -0.1) is 0 Å². The molecule has 1 atom stereocenters. The van der Waals surface area contributed by atoms with E-state index in [2.05, 4.69) is 5.32 Å². The predicted molar refractivity (Wildman–Crippen MR) is 165 cm³/mol. The van der Waals surface area contributed by atoms with Crippen molar-refractivity contribution in [1.29, 1.82) is 0 Å². The Morgan fingerprint density at radius 2 is 1.56 bits per heavy atom. The summed E-state index contributed by atoms with van der Waals surface area (Å²) in [5.41, 5.74) is 2.89. The molecule has 10 heteroatoms. The van der Waals surface area contributed by atoms with Crippen LogP contribution in [0.3, 0.4) is 0 Å². The molecule has 3 aromatic rings. The molecule has 0 aliphatic heterocycles. The highest BCUT2D eigenvalue weighted by molar-refractivity contribution is 7.92. The molecule has 4 rings (SSSR count). The van der Waals surface area contributed by atoms with Gasteiger partial charge in [-0.3, -0.25) is 13.9 Å². The Kier molecular flexibility index (Phi) is 10.3. The summed E-state index contributed by atoms with van der Waals surface area (Å²) in [7, 11) is -3.92. The fourth-order valence-electron chi connectivity index (χ4n) is 5.19. The highest BCUT2D eigenvalue weighted by Crippen LogP contribution is 2.28. The Balaban J connectivity index is 1.75. The van der Waals surface area contributed by atoms with Crippen LogP contribution in [0.4, 0.5) is 5.69 Å². The Labute approximate surface area is 252 Å². The number of anilines is 1. The van der Waals surface area contributed by atoms with E-state index in [0.29, 0.717) is 0 Å². The van der Waals surface area contributed by atoms with E-state index in [1.165, 1.54) is 23.1 Å². The molecule has 1 saturated carbocycles. The Bertz CT molecular complexity index is 1460. The summed E-state index contributed by atoms with van der Waals surface area (Å²) < 4.78 is 26.9. The summed E-state index contributed by atoms with van der Waals surface area (Å²) >= 11 is 12.4. The van der Waals surface area contributed by atoms with Crippen molar-refractivity contribution in [1.82, 2.24) is 10.2 Å². The molecule has 0 spiro atoms. The minimum atomic E-state index is -3.92. The molecule has 41 heavy (non-hydrogen) atoms. The lowest BCUT2D eigenvalue weighted by molar-refractivity contribution is -0.140. The number of hydrogen-bond donors (Lipinski definition) is 1. The summed E-state index contributed by atoms with van der Waals surface area (Å²) in [6.45, 7) is 1.55. The molecule has 1 fully saturated rings. The second-order valence-electron chi connectivity index (χ2n) is 10.5. The summed E-state index contributed by atoms with van der Waals surface area (Å²) in [5, 5.41) is 3.64. The van der Waals surface area contributed by atoms with Crippen molar-refractivity contribution in [2.24, 2.45) is 0 Å². The summed E-state index contributed by atoms with van der Waals surface area (Å²) in [6, 6.07) is 20.7. The van der Waals surface area contributed by atoms with Crippen molar-refractivity contribution in [3.63, 3.8) is 0 Å². The Hall–Kier alpha value is -3.07. The summed E-state index contributed by atoms with van der Waals surface area (Å²) in [5.74, 6) is -0.767. The van der Waals surface area contributed by atoms with Gasteiger partial charge in [0.1, 0.15) is 12.6 Å². The lowest BCUT2D eigenvalue weighted by Crippen LogP contribution is -2.54. The molecule has 1 N–H and O–H groups in total. The largest absolute Gasteiger partial charge is 0.352 e. The van der Waals surface area contributed by atoms with Crippen molar-refractivity contribution in [2.45, 2.75) is 57.7 Å². The number of amides is 2. The molecular weight excluding hydrogens is 581 g/mol. The van der Waals surface area contributed by atoms with Crippen LogP contribution in [-0.4, -0.2) is 50.0 Å². The molecule has 218 valence electrons. The van der Waals surface area contributed by atoms with Crippen LogP contribution >= 0.6 is 23.2 Å². The third-order valence-corrected chi connectivity index (χ3v) is 8.97. The van der Waals surface area contributed by atoms with Gasteiger partial charge >= 0.3 is 0 Å². The van der Waals surface area contributed by atoms with Gasteiger partial charge in [0.25, 0.3) is 0 Å². The van der Waals surface area contributed by atoms with Crippen LogP contribution in [0.2, 0.25) is 10.0 Å². The fourth-order valence-corrected chi connectivity index (χ4v) is 6.54. The van der Waals surface area contributed by atoms with Crippen molar-refractivity contribution in [3.8, 4) is 0 Å². The third kappa shape index (κ3) is 8.47. The molecular formula is C31H35Cl2N3O4S. The normalized spacial score (nSPS) is 14.4. The lowest BCUT2D eigenvalue weighted by atomic mass is 10.0. The van der Waals surface area contributed by atoms with Gasteiger partial charge in [0, 0.05) is 29.1 Å². The minimum absolute atomic E-state index is 0.0531. The average molecular weight is 617 g/mol. The van der Waals surface area contributed by atoms with E-state index >= 15 is 0 Å². The number of sulfonamides is 1. The number of rotatable bonds is 11. The summed E-state index contributed by atoms with van der Waals surface area (Å²) in [4.78, 5) is 29.6. The zero-order valence-electron chi connectivity index (χ0n) is 23.2. The number of nitrogens with one attached hydrogen (secondary N) is 1. The Morgan fingerprint density at radius 3 is 2.17 bits per heavy atom. The van der Waals surface area contributed by atoms with Crippen molar-refractivity contribution >= 4 is 50.7 Å². The second-order valence-corrected chi connectivity index (χ2v) is 13.3. The van der Waals surface area contributed by atoms with Crippen LogP contribution in [0.1, 0.15) is 42.4 Å². The van der Waals surface area contributed by atoms with Gasteiger partial charge in [-0.2, -0.15) is 0 Å². The number of hydrogen-bond acceptors (Lipinski definition) is 4. The number of halogens is 2. The highest BCUT2D eigenvalue weighted by Gasteiger charge is 2.34. The van der Waals surface area contributed by atoms with Crippen LogP contribution in [0.15, 0.2) is 72.8 Å². The zero-order chi connectivity index (χ0) is 29.6. The van der Waals surface area contributed by atoms with Gasteiger partial charge in [0.15, 0.2) is 0 Å². The standard InChI is InChI=1S/C31H35Cl2N3O4S/c1-22-10-6-7-13-24(22)20-35(30(37)21-36(41(2,39)40)28-18-25(32)17-26(33)19-28)29(16-23-11-4-3-5-12-23)31(38)34-27-14-8-9-15-27/h3-7,10-13,17-19,27,29H,8-9,14-16,20-21H2,1-2H3,(H,34,38). The van der Waals surface area contributed by atoms with Crippen molar-refractivity contribution in [3.05, 3.63) is 99.5 Å². The first-order valence-electron chi connectivity index (χ1n) is 13.6. The average Bonchev–Trinajstić information content (AvgIpc) is 3.42. The van der Waals surface area contributed by atoms with E-state index in [9.17, 15) is 18.0 Å². The first-order valence-corrected chi connectivity index (χ1v) is 16.2. The first-order chi connectivity index (χ1) is 19.5. The molecule has 0 heterocycles. The number of carbonyl (C=O) groups is 2. The molecule has 0 aromatic heterocycles. The van der Waals surface area contributed by atoms with Gasteiger partial charge in [0.2, 0.25) is 21.8 Å². The van der Waals surface area contributed by atoms with Crippen LogP contribution < -0.4 is 9.62 Å². The minimum Gasteiger partial charge on any atom is -0.352 e. The maximum atomic E-state index is 14.2. The highest BCUT2D eigenvalue weighted by atomic mass is 35.5. The smallest absolute Gasteiger partial charge is 0.244 e. The zero-order valence-corrected chi connectivity index (χ0v) is 25.6. The van der Waals surface area contributed by atoms with Gasteiger partial charge in [-0.05, 0) is 54.7 Å². The molecule has 0 radical (unpaired) electrons. The van der Waals surface area contributed by atoms with Gasteiger partial charge in [-0.25, -0.2) is 8.42 Å². The van der Waals surface area contributed by atoms with Crippen LogP contribution in [-0.2, 0) is 32.6 Å². The van der Waals surface area contributed by atoms with E-state index in [-0.39, 0.29) is 40.6 Å². The van der Waals surface area contributed by atoms with E-state index in [4.69, 9.17) is 23.2 Å². The molecule has 1 aliphatic carbocycles. The molecule has 0 bridgehead atoms. The van der Waals surface area contributed by atoms with Crippen LogP contribution in [0.25, 0.3) is 0 Å². The van der Waals surface area contributed by atoms with Gasteiger partial charge in [0.05, 0.1) is 11.9 Å². The molecule has 2 amide bonds. The number of nitrogens with zero attached hydrogens (tertiary/aromatic N) is 2. The number of benzene rings is 3. The van der Waals surface area contributed by atoms with E-state index in [1.807, 2.05) is 61.5 Å². The quantitative estimate of drug-likeness (QED) is 0.297. The molecule has 0 saturated heterocycles. The van der Waals surface area contributed by atoms with Crippen molar-refractivity contribution < 1.29 is 18.0 Å². The van der Waals surface area contributed by atoms with Crippen molar-refractivity contribution in [2.75, 3.05) is 17.1 Å². The van der Waals surface area contributed by atoms with E-state index < -0.39 is 28.5 Å². The third-order valence-electron chi connectivity index (χ3n) is 7.39. The molecule has 1 unspecified atom stereocenters. The van der Waals surface area contributed by atoms with Gasteiger partial charge in [-0.1, -0.05) is 90.6 Å². The maximum Gasteiger partial charge on any atom is 0.244 e. The lowest BCUT2D eigenvalue weighted by Gasteiger charge is -2.34. The SMILES string of the molecule is Cc1ccccc1CN(C(=O)CN(c1cc(Cl)cc(Cl)c1)S(C)(=O)=O)C(Cc1ccccc1)C(=O)NC1CCCC1. The van der Waals surface area contributed by atoms with E-state index in [1.54, 1.807) is 0 Å². The predicted octanol–water partition coefficient (Wildman–Crippen LogP) is 5.77. The number of carbonyl (C=O) groups excluding carboxylic acids is 2. The second kappa shape index (κ2) is 13.7. The van der Waals surface area contributed by atoms with Gasteiger partial charge < -0.3 is 10.2 Å². The monoisotopic (exact) mass is 615 g/mol. The molecule has 3 aromatic carbocycles. The van der Waals surface area contributed by atoms with E-state index in [0.717, 1.165) is 52.9 Å². The molecule has 1 aliphatic rings. The molecule has 7 nitrogen and oxygen atoms in total. The maximum absolute atomic E-state index is 14.2. The van der Waals surface area contributed by atoms with Crippen LogP contribution in [0.5, 0.6) is 0 Å². The first kappa shape index (κ1) is 30.9. The topological polar surface area (TPSA) is 86.8 Å². The summed E-state index contributed by atoms with van der Waals surface area (Å²) in [6.07, 6.45) is 5.19. The Morgan fingerprint density at radius 1 is 0.951 bits per heavy atom. The van der Waals surface area contributed by atoms with Crippen LogP contribution in [0, 0.1) is 6.92 Å². The fraction of sp³-hybridized carbons (Fsp3) is 0.355.